The number of rotatable bonds is 7. The third kappa shape index (κ3) is 3.91. The van der Waals surface area contributed by atoms with Crippen LogP contribution in [-0.2, 0) is 14.3 Å². The van der Waals surface area contributed by atoms with Crippen LogP contribution >= 0.6 is 0 Å². The van der Waals surface area contributed by atoms with E-state index < -0.39 is 6.10 Å². The molecule has 1 amide bonds. The number of nitrogens with one attached hydrogen (secondary N) is 1. The summed E-state index contributed by atoms with van der Waals surface area (Å²) in [6.07, 6.45) is 1.44. The highest BCUT2D eigenvalue weighted by molar-refractivity contribution is 5.82. The van der Waals surface area contributed by atoms with E-state index >= 15 is 0 Å². The lowest BCUT2D eigenvalue weighted by molar-refractivity contribution is -0.124. The molecular weight excluding hydrogens is 260 g/mol. The van der Waals surface area contributed by atoms with Gasteiger partial charge in [-0.3, -0.25) is 9.69 Å². The summed E-state index contributed by atoms with van der Waals surface area (Å²) in [6.45, 7) is 4.97. The minimum Gasteiger partial charge on any atom is -0.389 e. The zero-order valence-electron chi connectivity index (χ0n) is 12.4. The molecule has 0 radical (unpaired) electrons. The number of hydrogen-bond donors (Lipinski definition) is 2. The number of piperidine rings is 1. The van der Waals surface area contributed by atoms with Crippen molar-refractivity contribution in [3.05, 3.63) is 0 Å². The Bertz CT molecular complexity index is 326. The molecule has 0 aliphatic carbocycles. The average Bonchev–Trinajstić information content (AvgIpc) is 2.80. The summed E-state index contributed by atoms with van der Waals surface area (Å²) in [5.41, 5.74) is 0. The van der Waals surface area contributed by atoms with Crippen molar-refractivity contribution in [1.82, 2.24) is 10.2 Å². The largest absolute Gasteiger partial charge is 0.389 e. The molecule has 116 valence electrons. The number of ether oxygens (including phenoxy) is 2. The molecule has 2 aliphatic heterocycles. The number of nitrogens with zero attached hydrogens (tertiary/aromatic N) is 1. The van der Waals surface area contributed by atoms with Gasteiger partial charge in [-0.05, 0) is 26.3 Å². The first-order chi connectivity index (χ1) is 9.61. The second-order valence-electron chi connectivity index (χ2n) is 5.81. The lowest BCUT2D eigenvalue weighted by atomic mass is 9.91. The third-order valence-corrected chi connectivity index (χ3v) is 4.14. The number of methoxy groups -OCH3 is 1. The molecular formula is C14H26N2O4. The molecule has 0 aromatic rings. The molecule has 0 spiro atoms. The molecule has 0 aromatic heterocycles. The van der Waals surface area contributed by atoms with Gasteiger partial charge in [-0.25, -0.2) is 0 Å². The maximum atomic E-state index is 11.7. The molecule has 4 unspecified atom stereocenters. The molecule has 2 aliphatic rings. The molecule has 20 heavy (non-hydrogen) atoms. The molecule has 0 bridgehead atoms. The second-order valence-corrected chi connectivity index (χ2v) is 5.81. The van der Waals surface area contributed by atoms with Crippen molar-refractivity contribution in [2.45, 2.75) is 38.0 Å². The number of hydrogen-bond acceptors (Lipinski definition) is 5. The van der Waals surface area contributed by atoms with E-state index in [9.17, 15) is 9.90 Å². The lowest BCUT2D eigenvalue weighted by Gasteiger charge is -2.37. The quantitative estimate of drug-likeness (QED) is 0.667. The second kappa shape index (κ2) is 7.36. The van der Waals surface area contributed by atoms with Crippen molar-refractivity contribution in [2.24, 2.45) is 5.92 Å². The Balaban J connectivity index is 1.76. The average molecular weight is 286 g/mol. The first-order valence-electron chi connectivity index (χ1n) is 7.42. The molecule has 6 heteroatoms. The number of β-amino-alcohol motifs (C(OH)–C–C–N with tert-alkyl or cyclic N) is 1. The van der Waals surface area contributed by atoms with Crippen LogP contribution in [0.2, 0.25) is 0 Å². The van der Waals surface area contributed by atoms with E-state index in [2.05, 4.69) is 10.2 Å². The van der Waals surface area contributed by atoms with Crippen LogP contribution in [0.4, 0.5) is 0 Å². The van der Waals surface area contributed by atoms with E-state index in [0.29, 0.717) is 26.3 Å². The summed E-state index contributed by atoms with van der Waals surface area (Å²) in [5.74, 6) is 0.267. The highest BCUT2D eigenvalue weighted by Crippen LogP contribution is 2.27. The minimum atomic E-state index is -0.524. The standard InChI is InChI=1S/C14H26N2O4/c1-10(8-19-2)20-9-11(17)7-16-5-3-4-12-13(16)6-15-14(12)18/h10-13,17H,3-9H2,1-2H3,(H,15,18). The predicted molar refractivity (Wildman–Crippen MR) is 74.4 cm³/mol. The number of amides is 1. The third-order valence-electron chi connectivity index (χ3n) is 4.14. The minimum absolute atomic E-state index is 0.0153. The van der Waals surface area contributed by atoms with Crippen LogP contribution < -0.4 is 5.32 Å². The van der Waals surface area contributed by atoms with Crippen LogP contribution in [0.15, 0.2) is 0 Å². The Morgan fingerprint density at radius 2 is 2.30 bits per heavy atom. The van der Waals surface area contributed by atoms with Crippen molar-refractivity contribution in [2.75, 3.05) is 40.0 Å². The van der Waals surface area contributed by atoms with Gasteiger partial charge in [-0.15, -0.1) is 0 Å². The molecule has 0 saturated carbocycles. The molecule has 6 nitrogen and oxygen atoms in total. The lowest BCUT2D eigenvalue weighted by Crippen LogP contribution is -2.49. The Kier molecular flexibility index (Phi) is 5.77. The Morgan fingerprint density at radius 1 is 1.50 bits per heavy atom. The van der Waals surface area contributed by atoms with Gasteiger partial charge < -0.3 is 19.9 Å². The van der Waals surface area contributed by atoms with Crippen LogP contribution in [0.25, 0.3) is 0 Å². The Labute approximate surface area is 120 Å². The number of fused-ring (bicyclic) bond motifs is 1. The summed E-state index contributed by atoms with van der Waals surface area (Å²) in [6, 6.07) is 0.238. The summed E-state index contributed by atoms with van der Waals surface area (Å²) < 4.78 is 10.5. The zero-order valence-corrected chi connectivity index (χ0v) is 12.4. The van der Waals surface area contributed by atoms with Gasteiger partial charge in [0.2, 0.25) is 5.91 Å². The van der Waals surface area contributed by atoms with Gasteiger partial charge in [0.1, 0.15) is 0 Å². The van der Waals surface area contributed by atoms with E-state index in [1.807, 2.05) is 6.92 Å². The van der Waals surface area contributed by atoms with E-state index in [0.717, 1.165) is 19.4 Å². The van der Waals surface area contributed by atoms with Crippen LogP contribution in [0.1, 0.15) is 19.8 Å². The van der Waals surface area contributed by atoms with Crippen molar-refractivity contribution in [3.8, 4) is 0 Å². The molecule has 2 heterocycles. The molecule has 2 saturated heterocycles. The van der Waals surface area contributed by atoms with Gasteiger partial charge >= 0.3 is 0 Å². The van der Waals surface area contributed by atoms with Crippen LogP contribution in [0.3, 0.4) is 0 Å². The molecule has 2 rings (SSSR count). The molecule has 2 N–H and O–H groups in total. The number of carbonyl (C=O) groups is 1. The van der Waals surface area contributed by atoms with E-state index in [-0.39, 0.29) is 24.0 Å². The smallest absolute Gasteiger partial charge is 0.224 e. The Hall–Kier alpha value is -0.690. The SMILES string of the molecule is COCC(C)OCC(O)CN1CCCC2C(=O)NCC21. The first-order valence-corrected chi connectivity index (χ1v) is 7.42. The normalized spacial score (nSPS) is 29.9. The topological polar surface area (TPSA) is 71.0 Å². The van der Waals surface area contributed by atoms with Crippen molar-refractivity contribution < 1.29 is 19.4 Å². The molecule has 0 aromatic carbocycles. The van der Waals surface area contributed by atoms with Crippen molar-refractivity contribution in [3.63, 3.8) is 0 Å². The van der Waals surface area contributed by atoms with Gasteiger partial charge in [-0.1, -0.05) is 0 Å². The monoisotopic (exact) mass is 286 g/mol. The summed E-state index contributed by atoms with van der Waals surface area (Å²) in [4.78, 5) is 13.9. The first kappa shape index (κ1) is 15.7. The maximum absolute atomic E-state index is 11.7. The van der Waals surface area contributed by atoms with E-state index in [1.54, 1.807) is 7.11 Å². The summed E-state index contributed by atoms with van der Waals surface area (Å²) in [5, 5.41) is 13.0. The van der Waals surface area contributed by atoms with Gasteiger partial charge in [-0.2, -0.15) is 0 Å². The Morgan fingerprint density at radius 3 is 3.05 bits per heavy atom. The van der Waals surface area contributed by atoms with Crippen LogP contribution in [0.5, 0.6) is 0 Å². The fourth-order valence-electron chi connectivity index (χ4n) is 3.15. The maximum Gasteiger partial charge on any atom is 0.224 e. The molecule has 4 atom stereocenters. The van der Waals surface area contributed by atoms with Crippen molar-refractivity contribution in [1.29, 1.82) is 0 Å². The number of aliphatic hydroxyl groups excluding tert-OH is 1. The van der Waals surface area contributed by atoms with Gasteiger partial charge in [0.15, 0.2) is 0 Å². The highest BCUT2D eigenvalue weighted by Gasteiger charge is 2.40. The fraction of sp³-hybridized carbons (Fsp3) is 0.929. The van der Waals surface area contributed by atoms with Gasteiger partial charge in [0, 0.05) is 26.2 Å². The number of aliphatic hydroxyl groups is 1. The van der Waals surface area contributed by atoms with Gasteiger partial charge in [0.25, 0.3) is 0 Å². The summed E-state index contributed by atoms with van der Waals surface area (Å²) in [7, 11) is 1.63. The highest BCUT2D eigenvalue weighted by atomic mass is 16.5. The van der Waals surface area contributed by atoms with Crippen LogP contribution in [-0.4, -0.2) is 74.1 Å². The van der Waals surface area contributed by atoms with E-state index in [4.69, 9.17) is 9.47 Å². The van der Waals surface area contributed by atoms with Crippen LogP contribution in [0, 0.1) is 5.92 Å². The number of likely N-dealkylation sites (tertiary alicyclic amines) is 1. The summed E-state index contributed by atoms with van der Waals surface area (Å²) >= 11 is 0. The predicted octanol–water partition coefficient (Wildman–Crippen LogP) is -0.391. The fourth-order valence-corrected chi connectivity index (χ4v) is 3.15. The van der Waals surface area contributed by atoms with E-state index in [1.165, 1.54) is 0 Å². The molecule has 2 fully saturated rings. The zero-order chi connectivity index (χ0) is 14.5. The number of carbonyl (C=O) groups excluding carboxylic acids is 1. The van der Waals surface area contributed by atoms with Crippen molar-refractivity contribution >= 4 is 5.91 Å². The van der Waals surface area contributed by atoms with Gasteiger partial charge in [0.05, 0.1) is 31.3 Å².